The Balaban J connectivity index is 2.05. The molecule has 0 N–H and O–H groups in total. The number of ether oxygens (including phenoxy) is 1. The maximum Gasteiger partial charge on any atom is 0.150 e. The molecule has 1 fully saturated rings. The zero-order valence-electron chi connectivity index (χ0n) is 8.82. The molecular weight excluding hydrogens is 244 g/mol. The molecule has 2 nitrogen and oxygen atoms in total. The number of thioether (sulfide) groups is 1. The van der Waals surface area contributed by atoms with E-state index in [9.17, 15) is 4.79 Å². The van der Waals surface area contributed by atoms with Gasteiger partial charge >= 0.3 is 0 Å². The van der Waals surface area contributed by atoms with Crippen molar-refractivity contribution in [3.8, 4) is 0 Å². The largest absolute Gasteiger partial charge is 0.381 e. The van der Waals surface area contributed by atoms with E-state index in [-0.39, 0.29) is 0 Å². The van der Waals surface area contributed by atoms with E-state index >= 15 is 0 Å². The van der Waals surface area contributed by atoms with E-state index in [4.69, 9.17) is 16.3 Å². The second kappa shape index (κ2) is 5.71. The Hall–Kier alpha value is -0.510. The Labute approximate surface area is 104 Å². The zero-order chi connectivity index (χ0) is 11.4. The molecule has 1 aromatic rings. The van der Waals surface area contributed by atoms with E-state index in [0.29, 0.717) is 15.8 Å². The van der Waals surface area contributed by atoms with Crippen molar-refractivity contribution < 1.29 is 9.53 Å². The van der Waals surface area contributed by atoms with Crippen LogP contribution in [0.25, 0.3) is 0 Å². The highest BCUT2D eigenvalue weighted by Gasteiger charge is 2.16. The van der Waals surface area contributed by atoms with Crippen molar-refractivity contribution in [1.29, 1.82) is 0 Å². The molecule has 0 amide bonds. The summed E-state index contributed by atoms with van der Waals surface area (Å²) >= 11 is 7.90. The average molecular weight is 257 g/mol. The van der Waals surface area contributed by atoms with Crippen molar-refractivity contribution in [3.63, 3.8) is 0 Å². The number of carbonyl (C=O) groups excluding carboxylic acids is 1. The Morgan fingerprint density at radius 1 is 1.38 bits per heavy atom. The molecule has 0 aliphatic carbocycles. The van der Waals surface area contributed by atoms with Crippen molar-refractivity contribution in [2.75, 3.05) is 13.2 Å². The topological polar surface area (TPSA) is 26.3 Å². The number of hydrogen-bond donors (Lipinski definition) is 0. The van der Waals surface area contributed by atoms with Crippen LogP contribution >= 0.6 is 23.4 Å². The molecule has 4 heteroatoms. The molecule has 16 heavy (non-hydrogen) atoms. The number of hydrogen-bond acceptors (Lipinski definition) is 3. The maximum atomic E-state index is 10.6. The number of rotatable bonds is 3. The quantitative estimate of drug-likeness (QED) is 0.775. The minimum Gasteiger partial charge on any atom is -0.381 e. The van der Waals surface area contributed by atoms with Crippen LogP contribution in [0.5, 0.6) is 0 Å². The van der Waals surface area contributed by atoms with Crippen LogP contribution in [0, 0.1) is 0 Å². The van der Waals surface area contributed by atoms with Crippen LogP contribution in [0.1, 0.15) is 23.2 Å². The minimum atomic E-state index is 0.577. The summed E-state index contributed by atoms with van der Waals surface area (Å²) in [5.74, 6) is 0. The predicted octanol–water partition coefficient (Wildman–Crippen LogP) is 3.42. The Morgan fingerprint density at radius 3 is 2.75 bits per heavy atom. The Morgan fingerprint density at radius 2 is 2.12 bits per heavy atom. The van der Waals surface area contributed by atoms with Gasteiger partial charge in [-0.25, -0.2) is 0 Å². The highest BCUT2D eigenvalue weighted by molar-refractivity contribution is 8.00. The normalized spacial score (nSPS) is 17.3. The van der Waals surface area contributed by atoms with Gasteiger partial charge in [-0.3, -0.25) is 4.79 Å². The second-order valence-corrected chi connectivity index (χ2v) is 5.49. The molecule has 0 aromatic heterocycles. The molecule has 0 unspecified atom stereocenters. The van der Waals surface area contributed by atoms with Crippen LogP contribution < -0.4 is 0 Å². The fourth-order valence-electron chi connectivity index (χ4n) is 1.66. The van der Waals surface area contributed by atoms with Gasteiger partial charge in [0, 0.05) is 28.9 Å². The van der Waals surface area contributed by atoms with Crippen LogP contribution in [0.2, 0.25) is 5.02 Å². The molecule has 0 atom stereocenters. The molecule has 1 aliphatic heterocycles. The van der Waals surface area contributed by atoms with E-state index < -0.39 is 0 Å². The van der Waals surface area contributed by atoms with Crippen molar-refractivity contribution >= 4 is 29.6 Å². The number of halogens is 1. The highest BCUT2D eigenvalue weighted by Crippen LogP contribution is 2.34. The molecule has 86 valence electrons. The Kier molecular flexibility index (Phi) is 4.27. The van der Waals surface area contributed by atoms with Gasteiger partial charge in [0.25, 0.3) is 0 Å². The molecule has 1 heterocycles. The van der Waals surface area contributed by atoms with Gasteiger partial charge in [-0.2, -0.15) is 0 Å². The van der Waals surface area contributed by atoms with Crippen molar-refractivity contribution in [2.24, 2.45) is 0 Å². The third-order valence-electron chi connectivity index (χ3n) is 2.55. The van der Waals surface area contributed by atoms with E-state index in [1.807, 2.05) is 6.07 Å². The van der Waals surface area contributed by atoms with Crippen LogP contribution in [-0.2, 0) is 4.74 Å². The first-order valence-corrected chi connectivity index (χ1v) is 6.54. The molecule has 1 aliphatic rings. The lowest BCUT2D eigenvalue weighted by Crippen LogP contribution is -2.17. The summed E-state index contributed by atoms with van der Waals surface area (Å²) < 4.78 is 5.31. The SMILES string of the molecule is O=Cc1ccc(SC2CCOCC2)c(Cl)c1. The van der Waals surface area contributed by atoms with Crippen molar-refractivity contribution in [2.45, 2.75) is 23.0 Å². The number of carbonyl (C=O) groups is 1. The average Bonchev–Trinajstić information content (AvgIpc) is 2.33. The molecule has 2 rings (SSSR count). The summed E-state index contributed by atoms with van der Waals surface area (Å²) in [6, 6.07) is 5.45. The summed E-state index contributed by atoms with van der Waals surface area (Å²) in [5, 5.41) is 1.24. The second-order valence-electron chi connectivity index (χ2n) is 3.74. The monoisotopic (exact) mass is 256 g/mol. The lowest BCUT2D eigenvalue weighted by atomic mass is 10.2. The molecule has 0 spiro atoms. The summed E-state index contributed by atoms with van der Waals surface area (Å²) in [6.45, 7) is 1.67. The van der Waals surface area contributed by atoms with Gasteiger partial charge in [0.1, 0.15) is 6.29 Å². The van der Waals surface area contributed by atoms with Gasteiger partial charge in [-0.05, 0) is 25.0 Å². The summed E-state index contributed by atoms with van der Waals surface area (Å²) in [7, 11) is 0. The van der Waals surface area contributed by atoms with E-state index in [1.54, 1.807) is 23.9 Å². The zero-order valence-corrected chi connectivity index (χ0v) is 10.4. The van der Waals surface area contributed by atoms with Gasteiger partial charge in [-0.15, -0.1) is 11.8 Å². The van der Waals surface area contributed by atoms with Gasteiger partial charge < -0.3 is 4.74 Å². The van der Waals surface area contributed by atoms with Crippen LogP contribution in [-0.4, -0.2) is 24.7 Å². The van der Waals surface area contributed by atoms with E-state index in [0.717, 1.165) is 37.2 Å². The van der Waals surface area contributed by atoms with E-state index in [2.05, 4.69) is 0 Å². The smallest absolute Gasteiger partial charge is 0.150 e. The van der Waals surface area contributed by atoms with Crippen LogP contribution in [0.15, 0.2) is 23.1 Å². The molecule has 1 saturated heterocycles. The van der Waals surface area contributed by atoms with E-state index in [1.165, 1.54) is 0 Å². The molecule has 0 radical (unpaired) electrons. The van der Waals surface area contributed by atoms with Crippen LogP contribution in [0.3, 0.4) is 0 Å². The molecule has 0 bridgehead atoms. The summed E-state index contributed by atoms with van der Waals surface area (Å²) in [6.07, 6.45) is 2.95. The lowest BCUT2D eigenvalue weighted by Gasteiger charge is -2.21. The standard InChI is InChI=1S/C12H13ClO2S/c13-11-7-9(8-14)1-2-12(11)16-10-3-5-15-6-4-10/h1-2,7-8,10H,3-6H2. The molecular formula is C12H13ClO2S. The third kappa shape index (κ3) is 3.00. The van der Waals surface area contributed by atoms with Gasteiger partial charge in [0.15, 0.2) is 0 Å². The van der Waals surface area contributed by atoms with Crippen LogP contribution in [0.4, 0.5) is 0 Å². The number of benzene rings is 1. The number of aldehydes is 1. The first-order valence-electron chi connectivity index (χ1n) is 5.29. The fourth-order valence-corrected chi connectivity index (χ4v) is 3.09. The minimum absolute atomic E-state index is 0.577. The van der Waals surface area contributed by atoms with Crippen molar-refractivity contribution in [1.82, 2.24) is 0 Å². The van der Waals surface area contributed by atoms with Gasteiger partial charge in [0.05, 0.1) is 5.02 Å². The lowest BCUT2D eigenvalue weighted by molar-refractivity contribution is 0.100. The maximum absolute atomic E-state index is 10.6. The van der Waals surface area contributed by atoms with Gasteiger partial charge in [0.2, 0.25) is 0 Å². The predicted molar refractivity (Wildman–Crippen MR) is 66.5 cm³/mol. The molecule has 0 saturated carbocycles. The fraction of sp³-hybridized carbons (Fsp3) is 0.417. The van der Waals surface area contributed by atoms with Crippen molar-refractivity contribution in [3.05, 3.63) is 28.8 Å². The first kappa shape index (κ1) is 12.0. The summed E-state index contributed by atoms with van der Waals surface area (Å²) in [5.41, 5.74) is 0.626. The first-order chi connectivity index (χ1) is 7.79. The Bertz CT molecular complexity index is 375. The third-order valence-corrected chi connectivity index (χ3v) is 4.39. The highest BCUT2D eigenvalue weighted by atomic mass is 35.5. The molecule has 1 aromatic carbocycles. The van der Waals surface area contributed by atoms with Gasteiger partial charge in [-0.1, -0.05) is 17.7 Å². The summed E-state index contributed by atoms with van der Waals surface area (Å²) in [4.78, 5) is 11.6.